The molecule has 0 saturated carbocycles. The van der Waals surface area contributed by atoms with E-state index in [4.69, 9.17) is 0 Å². The molecular formula is C12H9F3IN3O. The third-order valence-electron chi connectivity index (χ3n) is 2.55. The summed E-state index contributed by atoms with van der Waals surface area (Å²) in [6.45, 7) is 0. The first kappa shape index (κ1) is 14.8. The molecule has 0 radical (unpaired) electrons. The van der Waals surface area contributed by atoms with Crippen molar-refractivity contribution in [1.29, 1.82) is 0 Å². The Balaban J connectivity index is 2.28. The van der Waals surface area contributed by atoms with Crippen molar-refractivity contribution in [3.8, 4) is 0 Å². The molecule has 1 amide bonds. The summed E-state index contributed by atoms with van der Waals surface area (Å²) in [5.74, 6) is -0.841. The van der Waals surface area contributed by atoms with Gasteiger partial charge in [-0.1, -0.05) is 0 Å². The van der Waals surface area contributed by atoms with Crippen LogP contribution in [0, 0.1) is 3.57 Å². The third kappa shape index (κ3) is 3.11. The van der Waals surface area contributed by atoms with Crippen molar-refractivity contribution in [3.63, 3.8) is 0 Å². The number of carbonyl (C=O) groups excluding carboxylic acids is 1. The maximum Gasteiger partial charge on any atom is 0.433 e. The highest BCUT2D eigenvalue weighted by Gasteiger charge is 2.39. The van der Waals surface area contributed by atoms with Crippen LogP contribution in [0.15, 0.2) is 30.5 Å². The number of benzene rings is 1. The molecule has 1 N–H and O–H groups in total. The molecule has 0 aliphatic rings. The summed E-state index contributed by atoms with van der Waals surface area (Å²) in [5.41, 5.74) is -1.15. The number of nitrogens with zero attached hydrogens (tertiary/aromatic N) is 2. The fourth-order valence-electron chi connectivity index (χ4n) is 1.67. The molecule has 1 aromatic carbocycles. The van der Waals surface area contributed by atoms with Gasteiger partial charge in [0, 0.05) is 16.3 Å². The second-order valence-corrected chi connectivity index (χ2v) is 5.23. The lowest BCUT2D eigenvalue weighted by molar-refractivity contribution is -0.144. The molecule has 0 aliphatic carbocycles. The third-order valence-corrected chi connectivity index (χ3v) is 3.27. The van der Waals surface area contributed by atoms with Crippen molar-refractivity contribution >= 4 is 34.2 Å². The van der Waals surface area contributed by atoms with Crippen molar-refractivity contribution in [1.82, 2.24) is 9.78 Å². The highest BCUT2D eigenvalue weighted by atomic mass is 127. The number of anilines is 1. The Morgan fingerprint density at radius 2 is 1.90 bits per heavy atom. The zero-order valence-corrected chi connectivity index (χ0v) is 12.4. The Bertz CT molecular complexity index is 634. The van der Waals surface area contributed by atoms with E-state index < -0.39 is 23.3 Å². The van der Waals surface area contributed by atoms with Gasteiger partial charge in [0.15, 0.2) is 5.69 Å². The fraction of sp³-hybridized carbons (Fsp3) is 0.167. The monoisotopic (exact) mass is 395 g/mol. The molecule has 0 aliphatic heterocycles. The number of amides is 1. The Morgan fingerprint density at radius 3 is 2.45 bits per heavy atom. The van der Waals surface area contributed by atoms with Gasteiger partial charge in [-0.25, -0.2) is 0 Å². The molecule has 4 nitrogen and oxygen atoms in total. The number of rotatable bonds is 2. The van der Waals surface area contributed by atoms with Crippen LogP contribution in [0.25, 0.3) is 0 Å². The van der Waals surface area contributed by atoms with Crippen LogP contribution in [0.3, 0.4) is 0 Å². The van der Waals surface area contributed by atoms with E-state index in [1.165, 1.54) is 0 Å². The molecule has 0 spiro atoms. The van der Waals surface area contributed by atoms with Gasteiger partial charge < -0.3 is 5.32 Å². The summed E-state index contributed by atoms with van der Waals surface area (Å²) in [6.07, 6.45) is -3.73. The van der Waals surface area contributed by atoms with Gasteiger partial charge in [0.1, 0.15) is 0 Å². The second-order valence-electron chi connectivity index (χ2n) is 3.99. The summed E-state index contributed by atoms with van der Waals surface area (Å²) < 4.78 is 40.2. The topological polar surface area (TPSA) is 46.9 Å². The van der Waals surface area contributed by atoms with Crippen LogP contribution in [0.4, 0.5) is 18.9 Å². The zero-order valence-electron chi connectivity index (χ0n) is 10.2. The van der Waals surface area contributed by atoms with E-state index in [9.17, 15) is 18.0 Å². The predicted molar refractivity (Wildman–Crippen MR) is 75.3 cm³/mol. The molecule has 106 valence electrons. The standard InChI is InChI=1S/C12H9F3IN3O/c1-19-10(12(13,14)15)9(6-17-19)11(20)18-8-4-2-7(16)3-5-8/h2-6H,1H3,(H,18,20). The zero-order chi connectivity index (χ0) is 14.9. The van der Waals surface area contributed by atoms with Crippen LogP contribution in [0.2, 0.25) is 0 Å². The predicted octanol–water partition coefficient (Wildman–Crippen LogP) is 3.30. The first-order chi connectivity index (χ1) is 9.29. The molecule has 1 heterocycles. The molecular weight excluding hydrogens is 386 g/mol. The Kier molecular flexibility index (Phi) is 4.02. The van der Waals surface area contributed by atoms with E-state index in [0.717, 1.165) is 16.8 Å². The molecule has 8 heteroatoms. The van der Waals surface area contributed by atoms with Gasteiger partial charge in [-0.05, 0) is 46.9 Å². The van der Waals surface area contributed by atoms with Crippen LogP contribution >= 0.6 is 22.6 Å². The molecule has 2 aromatic rings. The van der Waals surface area contributed by atoms with E-state index in [1.54, 1.807) is 24.3 Å². The minimum absolute atomic E-state index is 0.424. The average Bonchev–Trinajstić information content (AvgIpc) is 2.74. The van der Waals surface area contributed by atoms with Gasteiger partial charge in [-0.3, -0.25) is 9.48 Å². The maximum absolute atomic E-state index is 12.9. The molecule has 0 unspecified atom stereocenters. The largest absolute Gasteiger partial charge is 0.433 e. The molecule has 1 aromatic heterocycles. The van der Waals surface area contributed by atoms with E-state index >= 15 is 0 Å². The van der Waals surface area contributed by atoms with Crippen molar-refractivity contribution in [2.45, 2.75) is 6.18 Å². The van der Waals surface area contributed by atoms with E-state index in [0.29, 0.717) is 10.4 Å². The highest BCUT2D eigenvalue weighted by molar-refractivity contribution is 14.1. The van der Waals surface area contributed by atoms with Crippen LogP contribution < -0.4 is 5.32 Å². The summed E-state index contributed by atoms with van der Waals surface area (Å²) >= 11 is 2.09. The van der Waals surface area contributed by atoms with Gasteiger partial charge in [-0.2, -0.15) is 18.3 Å². The average molecular weight is 395 g/mol. The Morgan fingerprint density at radius 1 is 1.30 bits per heavy atom. The summed E-state index contributed by atoms with van der Waals surface area (Å²) in [4.78, 5) is 11.9. The minimum Gasteiger partial charge on any atom is -0.322 e. The van der Waals surface area contributed by atoms with Gasteiger partial charge in [0.05, 0.1) is 11.8 Å². The lowest BCUT2D eigenvalue weighted by Gasteiger charge is -2.10. The van der Waals surface area contributed by atoms with Crippen LogP contribution in [0.1, 0.15) is 16.1 Å². The summed E-state index contributed by atoms with van der Waals surface area (Å²) in [6, 6.07) is 6.71. The van der Waals surface area contributed by atoms with E-state index in [1.807, 2.05) is 0 Å². The maximum atomic E-state index is 12.9. The SMILES string of the molecule is Cn1ncc(C(=O)Nc2ccc(I)cc2)c1C(F)(F)F. The molecule has 0 bridgehead atoms. The Hall–Kier alpha value is -1.58. The van der Waals surface area contributed by atoms with Crippen molar-refractivity contribution in [2.75, 3.05) is 5.32 Å². The van der Waals surface area contributed by atoms with Crippen LogP contribution in [-0.2, 0) is 13.2 Å². The quantitative estimate of drug-likeness (QED) is 0.794. The van der Waals surface area contributed by atoms with Gasteiger partial charge in [0.25, 0.3) is 5.91 Å². The van der Waals surface area contributed by atoms with Crippen LogP contribution in [-0.4, -0.2) is 15.7 Å². The van der Waals surface area contributed by atoms with Crippen molar-refractivity contribution < 1.29 is 18.0 Å². The van der Waals surface area contributed by atoms with Gasteiger partial charge in [-0.15, -0.1) is 0 Å². The second kappa shape index (κ2) is 5.43. The Labute approximate surface area is 126 Å². The van der Waals surface area contributed by atoms with E-state index in [2.05, 4.69) is 33.0 Å². The molecule has 2 rings (SSSR count). The molecule has 0 atom stereocenters. The minimum atomic E-state index is -4.63. The number of halogens is 4. The van der Waals surface area contributed by atoms with Gasteiger partial charge >= 0.3 is 6.18 Å². The molecule has 0 saturated heterocycles. The first-order valence-electron chi connectivity index (χ1n) is 5.45. The lowest BCUT2D eigenvalue weighted by atomic mass is 10.2. The van der Waals surface area contributed by atoms with Crippen molar-refractivity contribution in [2.24, 2.45) is 7.05 Å². The smallest absolute Gasteiger partial charge is 0.322 e. The van der Waals surface area contributed by atoms with Crippen LogP contribution in [0.5, 0.6) is 0 Å². The number of carbonyl (C=O) groups is 1. The number of nitrogens with one attached hydrogen (secondary N) is 1. The highest BCUT2D eigenvalue weighted by Crippen LogP contribution is 2.31. The molecule has 0 fully saturated rings. The number of aromatic nitrogens is 2. The number of hydrogen-bond donors (Lipinski definition) is 1. The summed E-state index contributed by atoms with van der Waals surface area (Å²) in [5, 5.41) is 5.91. The number of hydrogen-bond acceptors (Lipinski definition) is 2. The summed E-state index contributed by atoms with van der Waals surface area (Å²) in [7, 11) is 1.14. The lowest BCUT2D eigenvalue weighted by Crippen LogP contribution is -2.20. The first-order valence-corrected chi connectivity index (χ1v) is 6.53. The molecule has 20 heavy (non-hydrogen) atoms. The number of aryl methyl sites for hydroxylation is 1. The van der Waals surface area contributed by atoms with Crippen molar-refractivity contribution in [3.05, 3.63) is 45.3 Å². The van der Waals surface area contributed by atoms with Gasteiger partial charge in [0.2, 0.25) is 0 Å². The fourth-order valence-corrected chi connectivity index (χ4v) is 2.03. The number of alkyl halides is 3. The van der Waals surface area contributed by atoms with E-state index in [-0.39, 0.29) is 0 Å². The normalized spacial score (nSPS) is 11.4.